The van der Waals surface area contributed by atoms with E-state index in [0.29, 0.717) is 11.5 Å². The maximum absolute atomic E-state index is 12.1. The number of carbonyl (C=O) groups is 1. The van der Waals surface area contributed by atoms with Gasteiger partial charge in [0.25, 0.3) is 0 Å². The molecular formula is C17H21Cl2N3O2. The molecule has 1 aromatic carbocycles. The van der Waals surface area contributed by atoms with Crippen molar-refractivity contribution >= 4 is 36.4 Å². The third-order valence-corrected chi connectivity index (χ3v) is 3.62. The summed E-state index contributed by atoms with van der Waals surface area (Å²) < 4.78 is 5.67. The Morgan fingerprint density at radius 2 is 1.92 bits per heavy atom. The van der Waals surface area contributed by atoms with Crippen molar-refractivity contribution in [2.75, 3.05) is 11.9 Å². The fourth-order valence-corrected chi connectivity index (χ4v) is 2.45. The van der Waals surface area contributed by atoms with Crippen LogP contribution in [0.5, 0.6) is 11.5 Å². The Labute approximate surface area is 154 Å². The van der Waals surface area contributed by atoms with E-state index in [-0.39, 0.29) is 36.8 Å². The van der Waals surface area contributed by atoms with Gasteiger partial charge >= 0.3 is 0 Å². The van der Waals surface area contributed by atoms with Gasteiger partial charge in [-0.3, -0.25) is 9.78 Å². The quantitative estimate of drug-likeness (QED) is 0.860. The van der Waals surface area contributed by atoms with Gasteiger partial charge in [-0.15, -0.1) is 24.8 Å². The van der Waals surface area contributed by atoms with E-state index in [1.807, 2.05) is 36.4 Å². The van der Waals surface area contributed by atoms with Crippen LogP contribution >= 0.6 is 24.8 Å². The first kappa shape index (κ1) is 20.2. The second-order valence-corrected chi connectivity index (χ2v) is 5.31. The van der Waals surface area contributed by atoms with E-state index in [0.717, 1.165) is 31.5 Å². The maximum atomic E-state index is 12.1. The normalized spacial score (nSPS) is 16.2. The van der Waals surface area contributed by atoms with Crippen molar-refractivity contribution in [2.24, 2.45) is 0 Å². The Balaban J connectivity index is 0.00000144. The van der Waals surface area contributed by atoms with Gasteiger partial charge < -0.3 is 15.4 Å². The lowest BCUT2D eigenvalue weighted by Crippen LogP contribution is -2.43. The van der Waals surface area contributed by atoms with Crippen LogP contribution in [0, 0.1) is 0 Å². The van der Waals surface area contributed by atoms with E-state index in [1.54, 1.807) is 12.4 Å². The van der Waals surface area contributed by atoms with Crippen LogP contribution in [0.4, 0.5) is 5.69 Å². The van der Waals surface area contributed by atoms with Crippen molar-refractivity contribution in [1.29, 1.82) is 0 Å². The molecule has 24 heavy (non-hydrogen) atoms. The number of ether oxygens (including phenoxy) is 1. The average Bonchev–Trinajstić information content (AvgIpc) is 2.58. The third-order valence-electron chi connectivity index (χ3n) is 3.62. The standard InChI is InChI=1S/C17H19N3O2.2ClH/c21-17(16-5-1-2-11-19-16)20-13-6-8-14(9-7-13)22-15-4-3-10-18-12-15;;/h3-4,6-10,12,16,19H,1-2,5,11H2,(H,20,21);2*1H/t16-;;/m1../s1. The molecule has 1 amide bonds. The van der Waals surface area contributed by atoms with Gasteiger partial charge in [0, 0.05) is 11.9 Å². The first-order valence-corrected chi connectivity index (χ1v) is 7.53. The van der Waals surface area contributed by atoms with Crippen LogP contribution in [-0.2, 0) is 4.79 Å². The second kappa shape index (κ2) is 10.1. The molecule has 3 rings (SSSR count). The van der Waals surface area contributed by atoms with Crippen molar-refractivity contribution < 1.29 is 9.53 Å². The highest BCUT2D eigenvalue weighted by Gasteiger charge is 2.20. The number of pyridine rings is 1. The summed E-state index contributed by atoms with van der Waals surface area (Å²) >= 11 is 0. The molecule has 5 nitrogen and oxygen atoms in total. The van der Waals surface area contributed by atoms with Crippen LogP contribution in [0.2, 0.25) is 0 Å². The predicted octanol–water partition coefficient (Wildman–Crippen LogP) is 3.80. The van der Waals surface area contributed by atoms with E-state index in [9.17, 15) is 4.79 Å². The molecule has 2 N–H and O–H groups in total. The van der Waals surface area contributed by atoms with Crippen LogP contribution in [-0.4, -0.2) is 23.5 Å². The smallest absolute Gasteiger partial charge is 0.241 e. The van der Waals surface area contributed by atoms with E-state index in [1.165, 1.54) is 0 Å². The summed E-state index contributed by atoms with van der Waals surface area (Å²) in [5.74, 6) is 1.42. The molecule has 1 saturated heterocycles. The van der Waals surface area contributed by atoms with Gasteiger partial charge in [0.05, 0.1) is 12.2 Å². The second-order valence-electron chi connectivity index (χ2n) is 5.31. The van der Waals surface area contributed by atoms with Crippen LogP contribution in [0.15, 0.2) is 48.8 Å². The number of carbonyl (C=O) groups excluding carboxylic acids is 1. The zero-order chi connectivity index (χ0) is 15.2. The molecule has 1 aromatic heterocycles. The zero-order valence-electron chi connectivity index (χ0n) is 13.1. The lowest BCUT2D eigenvalue weighted by Gasteiger charge is -2.22. The molecule has 0 aliphatic carbocycles. The number of hydrogen-bond donors (Lipinski definition) is 2. The Hall–Kier alpha value is -1.82. The molecular weight excluding hydrogens is 349 g/mol. The van der Waals surface area contributed by atoms with Gasteiger partial charge in [0.1, 0.15) is 11.5 Å². The number of piperidine rings is 1. The monoisotopic (exact) mass is 369 g/mol. The third kappa shape index (κ3) is 5.67. The fraction of sp³-hybridized carbons (Fsp3) is 0.294. The average molecular weight is 370 g/mol. The minimum absolute atomic E-state index is 0. The minimum atomic E-state index is -0.0833. The van der Waals surface area contributed by atoms with Gasteiger partial charge in [0.15, 0.2) is 0 Å². The summed E-state index contributed by atoms with van der Waals surface area (Å²) in [5.41, 5.74) is 0.774. The molecule has 1 aliphatic heterocycles. The molecule has 2 aromatic rings. The largest absolute Gasteiger partial charge is 0.456 e. The molecule has 0 spiro atoms. The number of halogens is 2. The Kier molecular flexibility index (Phi) is 8.54. The van der Waals surface area contributed by atoms with Crippen molar-refractivity contribution in [3.63, 3.8) is 0 Å². The SMILES string of the molecule is Cl.Cl.O=C(Nc1ccc(Oc2cccnc2)cc1)[C@H]1CCCCN1. The minimum Gasteiger partial charge on any atom is -0.456 e. The Bertz CT molecular complexity index is 617. The number of benzene rings is 1. The highest BCUT2D eigenvalue weighted by atomic mass is 35.5. The van der Waals surface area contributed by atoms with Gasteiger partial charge in [-0.2, -0.15) is 0 Å². The molecule has 1 atom stereocenters. The number of nitrogens with zero attached hydrogens (tertiary/aromatic N) is 1. The Morgan fingerprint density at radius 1 is 1.12 bits per heavy atom. The molecule has 2 heterocycles. The number of rotatable bonds is 4. The molecule has 0 saturated carbocycles. The summed E-state index contributed by atoms with van der Waals surface area (Å²) in [6, 6.07) is 10.9. The van der Waals surface area contributed by atoms with E-state index in [2.05, 4.69) is 15.6 Å². The van der Waals surface area contributed by atoms with E-state index < -0.39 is 0 Å². The number of aromatic nitrogens is 1. The van der Waals surface area contributed by atoms with Gasteiger partial charge in [-0.1, -0.05) is 6.42 Å². The summed E-state index contributed by atoms with van der Waals surface area (Å²) in [5, 5.41) is 6.17. The summed E-state index contributed by atoms with van der Waals surface area (Å²) in [6.45, 7) is 0.913. The predicted molar refractivity (Wildman–Crippen MR) is 99.5 cm³/mol. The lowest BCUT2D eigenvalue weighted by molar-refractivity contribution is -0.118. The summed E-state index contributed by atoms with van der Waals surface area (Å²) in [4.78, 5) is 16.1. The number of nitrogens with one attached hydrogen (secondary N) is 2. The van der Waals surface area contributed by atoms with Crippen molar-refractivity contribution in [1.82, 2.24) is 10.3 Å². The van der Waals surface area contributed by atoms with Crippen LogP contribution in [0.25, 0.3) is 0 Å². The number of amides is 1. The van der Waals surface area contributed by atoms with Crippen LogP contribution in [0.1, 0.15) is 19.3 Å². The van der Waals surface area contributed by atoms with Gasteiger partial charge in [-0.25, -0.2) is 0 Å². The molecule has 7 heteroatoms. The van der Waals surface area contributed by atoms with E-state index in [4.69, 9.17) is 4.74 Å². The van der Waals surface area contributed by atoms with Crippen LogP contribution in [0.3, 0.4) is 0 Å². The maximum Gasteiger partial charge on any atom is 0.241 e. The molecule has 130 valence electrons. The first-order valence-electron chi connectivity index (χ1n) is 7.53. The molecule has 0 unspecified atom stereocenters. The highest BCUT2D eigenvalue weighted by molar-refractivity contribution is 5.94. The first-order chi connectivity index (χ1) is 10.8. The molecule has 1 fully saturated rings. The molecule has 0 radical (unpaired) electrons. The fourth-order valence-electron chi connectivity index (χ4n) is 2.45. The lowest BCUT2D eigenvalue weighted by atomic mass is 10.0. The number of anilines is 1. The van der Waals surface area contributed by atoms with Crippen molar-refractivity contribution in [3.05, 3.63) is 48.8 Å². The summed E-state index contributed by atoms with van der Waals surface area (Å²) in [7, 11) is 0. The molecule has 1 aliphatic rings. The van der Waals surface area contributed by atoms with E-state index >= 15 is 0 Å². The zero-order valence-corrected chi connectivity index (χ0v) is 14.7. The number of hydrogen-bond acceptors (Lipinski definition) is 4. The highest BCUT2D eigenvalue weighted by Crippen LogP contribution is 2.22. The van der Waals surface area contributed by atoms with Crippen molar-refractivity contribution in [3.8, 4) is 11.5 Å². The van der Waals surface area contributed by atoms with Gasteiger partial charge in [-0.05, 0) is 55.8 Å². The van der Waals surface area contributed by atoms with Gasteiger partial charge in [0.2, 0.25) is 5.91 Å². The Morgan fingerprint density at radius 3 is 2.54 bits per heavy atom. The topological polar surface area (TPSA) is 63.2 Å². The molecule has 0 bridgehead atoms. The summed E-state index contributed by atoms with van der Waals surface area (Å²) in [6.07, 6.45) is 6.50. The van der Waals surface area contributed by atoms with Crippen molar-refractivity contribution in [2.45, 2.75) is 25.3 Å². The van der Waals surface area contributed by atoms with Crippen LogP contribution < -0.4 is 15.4 Å².